The summed E-state index contributed by atoms with van der Waals surface area (Å²) < 4.78 is 5.10. The van der Waals surface area contributed by atoms with Crippen molar-refractivity contribution in [2.24, 2.45) is 22.2 Å². The van der Waals surface area contributed by atoms with E-state index in [-0.39, 0.29) is 34.4 Å². The molecule has 3 aliphatic rings. The SMILES string of the molecule is CCOC(=O)C1CCN(C(=O)C23CCC(C)(C(=O)C2)C3(C)C)CC1. The Bertz CT molecular complexity index is 576. The van der Waals surface area contributed by atoms with Crippen LogP contribution < -0.4 is 0 Å². The number of amides is 1. The summed E-state index contributed by atoms with van der Waals surface area (Å²) >= 11 is 0. The highest BCUT2D eigenvalue weighted by molar-refractivity contribution is 5.99. The molecular weight excluding hydrogens is 306 g/mol. The Morgan fingerprint density at radius 1 is 1.17 bits per heavy atom. The number of hydrogen-bond acceptors (Lipinski definition) is 4. The van der Waals surface area contributed by atoms with E-state index >= 15 is 0 Å². The fraction of sp³-hybridized carbons (Fsp3) is 0.842. The molecule has 1 heterocycles. The van der Waals surface area contributed by atoms with Crippen LogP contribution in [0.5, 0.6) is 0 Å². The van der Waals surface area contributed by atoms with Gasteiger partial charge in [0.2, 0.25) is 5.91 Å². The number of likely N-dealkylation sites (tertiary alicyclic amines) is 1. The van der Waals surface area contributed by atoms with Crippen LogP contribution in [-0.2, 0) is 19.1 Å². The van der Waals surface area contributed by atoms with Gasteiger partial charge in [0.05, 0.1) is 17.9 Å². The zero-order chi connectivity index (χ0) is 17.8. The van der Waals surface area contributed by atoms with Gasteiger partial charge in [-0.1, -0.05) is 20.8 Å². The maximum atomic E-state index is 13.3. The standard InChI is InChI=1S/C19H29NO4/c1-5-24-15(22)13-6-10-20(11-7-13)16(23)19-9-8-18(4,14(21)12-19)17(19,2)3/h13H,5-12H2,1-4H3. The number of hydrogen-bond donors (Lipinski definition) is 0. The van der Waals surface area contributed by atoms with Gasteiger partial charge in [0.15, 0.2) is 0 Å². The highest BCUT2D eigenvalue weighted by Gasteiger charge is 2.73. The van der Waals surface area contributed by atoms with Crippen LogP contribution in [0.25, 0.3) is 0 Å². The van der Waals surface area contributed by atoms with Crippen molar-refractivity contribution in [1.29, 1.82) is 0 Å². The van der Waals surface area contributed by atoms with Crippen LogP contribution in [0.4, 0.5) is 0 Å². The van der Waals surface area contributed by atoms with Gasteiger partial charge in [-0.05, 0) is 38.0 Å². The fourth-order valence-electron chi connectivity index (χ4n) is 5.21. The first-order valence-electron chi connectivity index (χ1n) is 9.19. The van der Waals surface area contributed by atoms with Crippen molar-refractivity contribution in [3.05, 3.63) is 0 Å². The fourth-order valence-corrected chi connectivity index (χ4v) is 5.21. The van der Waals surface area contributed by atoms with Crippen LogP contribution >= 0.6 is 0 Å². The van der Waals surface area contributed by atoms with Gasteiger partial charge in [-0.25, -0.2) is 0 Å². The third kappa shape index (κ3) is 2.09. The first kappa shape index (κ1) is 17.4. The van der Waals surface area contributed by atoms with Crippen molar-refractivity contribution < 1.29 is 19.1 Å². The van der Waals surface area contributed by atoms with Crippen LogP contribution in [0.1, 0.15) is 59.8 Å². The average Bonchev–Trinajstić information content (AvgIpc) is 2.85. The minimum absolute atomic E-state index is 0.0986. The molecule has 1 amide bonds. The van der Waals surface area contributed by atoms with Crippen molar-refractivity contribution >= 4 is 17.7 Å². The molecule has 24 heavy (non-hydrogen) atoms. The molecule has 2 unspecified atom stereocenters. The van der Waals surface area contributed by atoms with E-state index in [0.29, 0.717) is 39.0 Å². The van der Waals surface area contributed by atoms with Crippen LogP contribution in [0.15, 0.2) is 0 Å². The number of ketones is 1. The highest BCUT2D eigenvalue weighted by atomic mass is 16.5. The Kier molecular flexibility index (Phi) is 4.04. The molecule has 3 fully saturated rings. The third-order valence-corrected chi connectivity index (χ3v) is 7.52. The summed E-state index contributed by atoms with van der Waals surface area (Å²) in [6.45, 7) is 9.60. The number of nitrogens with zero attached hydrogens (tertiary/aromatic N) is 1. The average molecular weight is 335 g/mol. The van der Waals surface area contributed by atoms with E-state index < -0.39 is 5.41 Å². The van der Waals surface area contributed by atoms with E-state index in [9.17, 15) is 14.4 Å². The number of esters is 1. The molecule has 5 nitrogen and oxygen atoms in total. The molecule has 0 N–H and O–H groups in total. The number of piperidine rings is 1. The molecule has 2 saturated carbocycles. The second-order valence-corrected chi connectivity index (χ2v) is 8.46. The molecule has 134 valence electrons. The molecule has 0 aromatic rings. The maximum Gasteiger partial charge on any atom is 0.309 e. The predicted octanol–water partition coefficient (Wildman–Crippen LogP) is 2.57. The zero-order valence-corrected chi connectivity index (χ0v) is 15.3. The van der Waals surface area contributed by atoms with E-state index in [0.717, 1.165) is 12.8 Å². The molecule has 1 aliphatic heterocycles. The maximum absolute atomic E-state index is 13.3. The van der Waals surface area contributed by atoms with E-state index in [1.54, 1.807) is 0 Å². The summed E-state index contributed by atoms with van der Waals surface area (Å²) in [4.78, 5) is 39.7. The predicted molar refractivity (Wildman–Crippen MR) is 89.1 cm³/mol. The van der Waals surface area contributed by atoms with Crippen LogP contribution in [0, 0.1) is 22.2 Å². The summed E-state index contributed by atoms with van der Waals surface area (Å²) in [5, 5.41) is 0. The van der Waals surface area contributed by atoms with Crippen molar-refractivity contribution in [1.82, 2.24) is 4.90 Å². The molecule has 0 spiro atoms. The lowest BCUT2D eigenvalue weighted by molar-refractivity contribution is -0.155. The van der Waals surface area contributed by atoms with Gasteiger partial charge in [-0.3, -0.25) is 14.4 Å². The van der Waals surface area contributed by atoms with Crippen LogP contribution in [0.3, 0.4) is 0 Å². The molecule has 0 aromatic carbocycles. The van der Waals surface area contributed by atoms with Gasteiger partial charge in [0.1, 0.15) is 5.78 Å². The molecular formula is C19H29NO4. The molecule has 1 saturated heterocycles. The van der Waals surface area contributed by atoms with Gasteiger partial charge >= 0.3 is 5.97 Å². The minimum Gasteiger partial charge on any atom is -0.466 e. The van der Waals surface area contributed by atoms with Crippen molar-refractivity contribution in [2.45, 2.75) is 59.8 Å². The molecule has 2 aliphatic carbocycles. The minimum atomic E-state index is -0.546. The number of Topliss-reactive ketones (excluding diaryl/α,β-unsaturated/α-hetero) is 1. The first-order chi connectivity index (χ1) is 11.2. The quantitative estimate of drug-likeness (QED) is 0.744. The van der Waals surface area contributed by atoms with E-state index in [4.69, 9.17) is 4.74 Å². The largest absolute Gasteiger partial charge is 0.466 e. The van der Waals surface area contributed by atoms with Crippen molar-refractivity contribution in [2.75, 3.05) is 19.7 Å². The van der Waals surface area contributed by atoms with Gasteiger partial charge in [0.25, 0.3) is 0 Å². The van der Waals surface area contributed by atoms with Crippen molar-refractivity contribution in [3.63, 3.8) is 0 Å². The molecule has 2 bridgehead atoms. The molecule has 3 rings (SSSR count). The number of carbonyl (C=O) groups is 3. The van der Waals surface area contributed by atoms with Crippen LogP contribution in [-0.4, -0.2) is 42.3 Å². The molecule has 0 aromatic heterocycles. The topological polar surface area (TPSA) is 63.7 Å². The first-order valence-corrected chi connectivity index (χ1v) is 9.19. The summed E-state index contributed by atoms with van der Waals surface area (Å²) in [6.07, 6.45) is 3.31. The Labute approximate surface area is 144 Å². The molecule has 5 heteroatoms. The summed E-state index contributed by atoms with van der Waals surface area (Å²) in [7, 11) is 0. The monoisotopic (exact) mass is 335 g/mol. The number of rotatable bonds is 3. The van der Waals surface area contributed by atoms with Crippen LogP contribution in [0.2, 0.25) is 0 Å². The Morgan fingerprint density at radius 3 is 2.25 bits per heavy atom. The second-order valence-electron chi connectivity index (χ2n) is 8.46. The molecule has 0 radical (unpaired) electrons. The molecule has 2 atom stereocenters. The second kappa shape index (κ2) is 5.57. The lowest BCUT2D eigenvalue weighted by Gasteiger charge is -2.43. The Hall–Kier alpha value is -1.39. The van der Waals surface area contributed by atoms with E-state index in [1.807, 2.05) is 18.7 Å². The summed E-state index contributed by atoms with van der Waals surface area (Å²) in [6, 6.07) is 0. The summed E-state index contributed by atoms with van der Waals surface area (Å²) in [5.74, 6) is 0.129. The lowest BCUT2D eigenvalue weighted by Crippen LogP contribution is -2.51. The number of fused-ring (bicyclic) bond motifs is 2. The van der Waals surface area contributed by atoms with Gasteiger partial charge in [0, 0.05) is 24.9 Å². The zero-order valence-electron chi connectivity index (χ0n) is 15.3. The van der Waals surface area contributed by atoms with E-state index in [1.165, 1.54) is 0 Å². The normalized spacial score (nSPS) is 35.3. The highest BCUT2D eigenvalue weighted by Crippen LogP contribution is 2.71. The number of carbonyl (C=O) groups excluding carboxylic acids is 3. The Morgan fingerprint density at radius 2 is 1.79 bits per heavy atom. The van der Waals surface area contributed by atoms with Crippen molar-refractivity contribution in [3.8, 4) is 0 Å². The Balaban J connectivity index is 1.73. The number of ether oxygens (including phenoxy) is 1. The van der Waals surface area contributed by atoms with Gasteiger partial charge in [-0.2, -0.15) is 0 Å². The third-order valence-electron chi connectivity index (χ3n) is 7.52. The summed E-state index contributed by atoms with van der Waals surface area (Å²) in [5.41, 5.74) is -1.21. The van der Waals surface area contributed by atoms with Gasteiger partial charge in [-0.15, -0.1) is 0 Å². The lowest BCUT2D eigenvalue weighted by atomic mass is 9.64. The van der Waals surface area contributed by atoms with Gasteiger partial charge < -0.3 is 9.64 Å². The smallest absolute Gasteiger partial charge is 0.309 e. The van der Waals surface area contributed by atoms with E-state index in [2.05, 4.69) is 13.8 Å².